The van der Waals surface area contributed by atoms with Crippen LogP contribution in [0, 0.1) is 0 Å². The van der Waals surface area contributed by atoms with Crippen molar-refractivity contribution < 1.29 is 13.5 Å². The van der Waals surface area contributed by atoms with E-state index in [2.05, 4.69) is 4.90 Å². The summed E-state index contributed by atoms with van der Waals surface area (Å²) in [5.41, 5.74) is 0.815. The lowest BCUT2D eigenvalue weighted by atomic mass is 10.2. The molecule has 1 heterocycles. The van der Waals surface area contributed by atoms with Gasteiger partial charge in [-0.2, -0.15) is 0 Å². The SMILES string of the molecule is FC(F)COc1ccc(Cl)cc1N1CCCC1. The molecule has 0 aromatic heterocycles. The van der Waals surface area contributed by atoms with Crippen molar-refractivity contribution in [3.63, 3.8) is 0 Å². The third-order valence-corrected chi connectivity index (χ3v) is 2.97. The first kappa shape index (κ1) is 12.4. The van der Waals surface area contributed by atoms with E-state index in [0.717, 1.165) is 31.6 Å². The molecular formula is C12H14ClF2NO. The largest absolute Gasteiger partial charge is 0.485 e. The standard InChI is InChI=1S/C12H14ClF2NO/c13-9-3-4-11(17-8-12(14)15)10(7-9)16-5-1-2-6-16/h3-4,7,12H,1-2,5-6,8H2. The summed E-state index contributed by atoms with van der Waals surface area (Å²) in [6, 6.07) is 5.08. The lowest BCUT2D eigenvalue weighted by Crippen LogP contribution is -2.19. The fraction of sp³-hybridized carbons (Fsp3) is 0.500. The van der Waals surface area contributed by atoms with Gasteiger partial charge in [0, 0.05) is 18.1 Å². The lowest BCUT2D eigenvalue weighted by molar-refractivity contribution is 0.0821. The van der Waals surface area contributed by atoms with Crippen molar-refractivity contribution in [2.75, 3.05) is 24.6 Å². The maximum atomic E-state index is 12.1. The molecular weight excluding hydrogens is 248 g/mol. The molecule has 2 nitrogen and oxygen atoms in total. The highest BCUT2D eigenvalue weighted by molar-refractivity contribution is 6.30. The van der Waals surface area contributed by atoms with Crippen LogP contribution in [0.15, 0.2) is 18.2 Å². The lowest BCUT2D eigenvalue weighted by Gasteiger charge is -2.21. The topological polar surface area (TPSA) is 12.5 Å². The van der Waals surface area contributed by atoms with Crippen molar-refractivity contribution in [2.24, 2.45) is 0 Å². The van der Waals surface area contributed by atoms with E-state index in [9.17, 15) is 8.78 Å². The molecule has 17 heavy (non-hydrogen) atoms. The molecule has 1 aromatic rings. The smallest absolute Gasteiger partial charge is 0.272 e. The first-order valence-corrected chi connectivity index (χ1v) is 6.00. The Morgan fingerprint density at radius 1 is 1.29 bits per heavy atom. The summed E-state index contributed by atoms with van der Waals surface area (Å²) < 4.78 is 29.4. The van der Waals surface area contributed by atoms with E-state index in [1.165, 1.54) is 0 Å². The van der Waals surface area contributed by atoms with E-state index in [-0.39, 0.29) is 0 Å². The Morgan fingerprint density at radius 3 is 2.65 bits per heavy atom. The zero-order valence-electron chi connectivity index (χ0n) is 9.33. The molecule has 1 aromatic carbocycles. The molecule has 0 bridgehead atoms. The van der Waals surface area contributed by atoms with Crippen molar-refractivity contribution in [3.05, 3.63) is 23.2 Å². The van der Waals surface area contributed by atoms with Crippen LogP contribution < -0.4 is 9.64 Å². The molecule has 2 rings (SSSR count). The van der Waals surface area contributed by atoms with Crippen LogP contribution >= 0.6 is 11.6 Å². The number of anilines is 1. The third kappa shape index (κ3) is 3.22. The number of halogens is 3. The summed E-state index contributed by atoms with van der Waals surface area (Å²) >= 11 is 5.93. The number of benzene rings is 1. The van der Waals surface area contributed by atoms with Crippen LogP contribution in [0.1, 0.15) is 12.8 Å². The van der Waals surface area contributed by atoms with E-state index in [4.69, 9.17) is 16.3 Å². The van der Waals surface area contributed by atoms with Crippen LogP contribution in [-0.2, 0) is 0 Å². The predicted octanol–water partition coefficient (Wildman–Crippen LogP) is 3.58. The molecule has 1 saturated heterocycles. The van der Waals surface area contributed by atoms with Gasteiger partial charge in [-0.25, -0.2) is 8.78 Å². The quantitative estimate of drug-likeness (QED) is 0.821. The predicted molar refractivity (Wildman–Crippen MR) is 64.4 cm³/mol. The summed E-state index contributed by atoms with van der Waals surface area (Å²) in [6.07, 6.45) is -0.237. The molecule has 0 unspecified atom stereocenters. The van der Waals surface area contributed by atoms with Crippen molar-refractivity contribution in [1.29, 1.82) is 0 Å². The van der Waals surface area contributed by atoms with Crippen LogP contribution in [0.3, 0.4) is 0 Å². The molecule has 1 aliphatic heterocycles. The van der Waals surface area contributed by atoms with Crippen molar-refractivity contribution >= 4 is 17.3 Å². The van der Waals surface area contributed by atoms with Crippen molar-refractivity contribution in [3.8, 4) is 5.75 Å². The summed E-state index contributed by atoms with van der Waals surface area (Å²) in [5, 5.41) is 0.594. The molecule has 5 heteroatoms. The maximum Gasteiger partial charge on any atom is 0.272 e. The van der Waals surface area contributed by atoms with Gasteiger partial charge in [0.2, 0.25) is 0 Å². The van der Waals surface area contributed by atoms with Gasteiger partial charge in [0.05, 0.1) is 5.69 Å². The van der Waals surface area contributed by atoms with Gasteiger partial charge >= 0.3 is 0 Å². The normalized spacial score (nSPS) is 15.6. The average molecular weight is 262 g/mol. The Kier molecular flexibility index (Phi) is 4.05. The Labute approximate surface area is 104 Å². The van der Waals surface area contributed by atoms with Gasteiger partial charge in [-0.05, 0) is 31.0 Å². The minimum absolute atomic E-state index is 0.483. The number of rotatable bonds is 4. The van der Waals surface area contributed by atoms with E-state index in [0.29, 0.717) is 10.8 Å². The zero-order valence-corrected chi connectivity index (χ0v) is 10.1. The molecule has 0 amide bonds. The average Bonchev–Trinajstić information content (AvgIpc) is 2.80. The van der Waals surface area contributed by atoms with Crippen LogP contribution in [0.2, 0.25) is 5.02 Å². The van der Waals surface area contributed by atoms with Crippen LogP contribution in [0.4, 0.5) is 14.5 Å². The number of hydrogen-bond acceptors (Lipinski definition) is 2. The number of nitrogens with zero attached hydrogens (tertiary/aromatic N) is 1. The number of alkyl halides is 2. The van der Waals surface area contributed by atoms with Crippen LogP contribution in [0.5, 0.6) is 5.75 Å². The molecule has 0 atom stereocenters. The molecule has 1 fully saturated rings. The fourth-order valence-corrected chi connectivity index (χ4v) is 2.14. The second-order valence-corrected chi connectivity index (χ2v) is 4.44. The van der Waals surface area contributed by atoms with Crippen molar-refractivity contribution in [2.45, 2.75) is 19.3 Å². The van der Waals surface area contributed by atoms with Gasteiger partial charge in [-0.3, -0.25) is 0 Å². The Balaban J connectivity index is 2.17. The highest BCUT2D eigenvalue weighted by Crippen LogP contribution is 2.33. The number of ether oxygens (including phenoxy) is 1. The van der Waals surface area contributed by atoms with Gasteiger partial charge in [-0.1, -0.05) is 11.6 Å². The minimum Gasteiger partial charge on any atom is -0.485 e. The maximum absolute atomic E-state index is 12.1. The number of hydrogen-bond donors (Lipinski definition) is 0. The molecule has 94 valence electrons. The zero-order chi connectivity index (χ0) is 12.3. The molecule has 0 spiro atoms. The van der Waals surface area contributed by atoms with Gasteiger partial charge in [0.1, 0.15) is 12.4 Å². The van der Waals surface area contributed by atoms with Gasteiger partial charge in [0.25, 0.3) is 6.43 Å². The Hall–Kier alpha value is -1.03. The molecule has 0 saturated carbocycles. The Morgan fingerprint density at radius 2 is 2.00 bits per heavy atom. The third-order valence-electron chi connectivity index (χ3n) is 2.73. The summed E-state index contributed by atoms with van der Waals surface area (Å²) in [7, 11) is 0. The van der Waals surface area contributed by atoms with E-state index < -0.39 is 13.0 Å². The molecule has 0 radical (unpaired) electrons. The molecule has 1 aliphatic rings. The van der Waals surface area contributed by atoms with E-state index in [1.54, 1.807) is 18.2 Å². The van der Waals surface area contributed by atoms with Crippen LogP contribution in [-0.4, -0.2) is 26.1 Å². The van der Waals surface area contributed by atoms with E-state index in [1.807, 2.05) is 0 Å². The second kappa shape index (κ2) is 5.54. The second-order valence-electron chi connectivity index (χ2n) is 4.01. The molecule has 0 N–H and O–H groups in total. The molecule has 0 aliphatic carbocycles. The first-order valence-electron chi connectivity index (χ1n) is 5.62. The summed E-state index contributed by atoms with van der Waals surface area (Å²) in [6.45, 7) is 1.26. The van der Waals surface area contributed by atoms with E-state index >= 15 is 0 Å². The van der Waals surface area contributed by atoms with Gasteiger partial charge in [0.15, 0.2) is 0 Å². The van der Waals surface area contributed by atoms with Gasteiger partial charge < -0.3 is 9.64 Å². The monoisotopic (exact) mass is 261 g/mol. The van der Waals surface area contributed by atoms with Crippen molar-refractivity contribution in [1.82, 2.24) is 0 Å². The highest BCUT2D eigenvalue weighted by atomic mass is 35.5. The summed E-state index contributed by atoms with van der Waals surface area (Å²) in [4.78, 5) is 2.12. The van der Waals surface area contributed by atoms with Gasteiger partial charge in [-0.15, -0.1) is 0 Å². The van der Waals surface area contributed by atoms with Crippen LogP contribution in [0.25, 0.3) is 0 Å². The fourth-order valence-electron chi connectivity index (χ4n) is 1.97. The highest BCUT2D eigenvalue weighted by Gasteiger charge is 2.17. The summed E-state index contributed by atoms with van der Waals surface area (Å²) in [5.74, 6) is 0.483. The Bertz CT molecular complexity index is 381. The first-order chi connectivity index (χ1) is 8.16. The minimum atomic E-state index is -2.46.